The fourth-order valence-electron chi connectivity index (χ4n) is 3.77. The van der Waals surface area contributed by atoms with E-state index in [2.05, 4.69) is 52.0 Å². The Morgan fingerprint density at radius 2 is 2.20 bits per heavy atom. The minimum absolute atomic E-state index is 0.460. The molecule has 0 fully saturated rings. The van der Waals surface area contributed by atoms with Crippen LogP contribution in [0.3, 0.4) is 0 Å². The van der Waals surface area contributed by atoms with E-state index in [0.717, 1.165) is 65.1 Å². The summed E-state index contributed by atoms with van der Waals surface area (Å²) < 4.78 is 11.5. The molecule has 1 aliphatic carbocycles. The third kappa shape index (κ3) is 4.73. The third-order valence-corrected chi connectivity index (χ3v) is 5.43. The molecule has 1 aliphatic heterocycles. The second-order valence-corrected chi connectivity index (χ2v) is 7.61. The summed E-state index contributed by atoms with van der Waals surface area (Å²) in [5.41, 5.74) is 6.30. The monoisotopic (exact) mass is 407 g/mol. The summed E-state index contributed by atoms with van der Waals surface area (Å²) in [6.45, 7) is 6.12. The number of rotatable bonds is 7. The van der Waals surface area contributed by atoms with Crippen molar-refractivity contribution < 1.29 is 14.3 Å². The number of ether oxygens (including phenoxy) is 1. The number of nitrogens with one attached hydrogen (secondary N) is 2. The molecule has 2 aromatic rings. The second-order valence-electron chi connectivity index (χ2n) is 7.61. The molecule has 0 saturated carbocycles. The molecule has 0 saturated heterocycles. The number of benzene rings is 1. The van der Waals surface area contributed by atoms with Gasteiger partial charge in [-0.1, -0.05) is 24.3 Å². The van der Waals surface area contributed by atoms with Crippen LogP contribution in [-0.2, 0) is 11.3 Å². The number of aromatic nitrogens is 1. The molecular formula is C24H29N3O3. The molecule has 0 spiro atoms. The van der Waals surface area contributed by atoms with Gasteiger partial charge in [0, 0.05) is 24.4 Å². The number of hydrogen-bond donors (Lipinski definition) is 3. The molecule has 2 heterocycles. The number of oxazole rings is 1. The second kappa shape index (κ2) is 9.43. The standard InChI is InChI=1S/C24H29N3O3/c1-3-29-15-17-10-9-16(2)21(12-17)27-24-26-14-22(30-24)19-7-4-6-18(13-19)20-8-5-11-25-23(20)28/h7-10,12-14,23,25,28H,3-6,11,15H2,1-2H3,(H,26,27). The van der Waals surface area contributed by atoms with Gasteiger partial charge in [-0.05, 0) is 67.5 Å². The Labute approximate surface area is 177 Å². The number of allylic oxidation sites excluding steroid dienone is 3. The smallest absolute Gasteiger partial charge is 0.299 e. The summed E-state index contributed by atoms with van der Waals surface area (Å²) in [5.74, 6) is 0.719. The summed E-state index contributed by atoms with van der Waals surface area (Å²) >= 11 is 0. The fourth-order valence-corrected chi connectivity index (χ4v) is 3.77. The van der Waals surface area contributed by atoms with E-state index in [-0.39, 0.29) is 0 Å². The van der Waals surface area contributed by atoms with Gasteiger partial charge < -0.3 is 19.6 Å². The summed E-state index contributed by atoms with van der Waals surface area (Å²) in [6.07, 6.45) is 10.3. The predicted molar refractivity (Wildman–Crippen MR) is 118 cm³/mol. The lowest BCUT2D eigenvalue weighted by Gasteiger charge is -2.24. The molecule has 0 radical (unpaired) electrons. The SMILES string of the molecule is CCOCc1ccc(C)c(Nc2ncc(C3=CCCC(C4=CCCNC4O)=C3)o2)c1. The Kier molecular flexibility index (Phi) is 6.47. The van der Waals surface area contributed by atoms with Crippen molar-refractivity contribution in [1.29, 1.82) is 0 Å². The molecule has 4 rings (SSSR count). The Morgan fingerprint density at radius 3 is 3.03 bits per heavy atom. The highest BCUT2D eigenvalue weighted by Crippen LogP contribution is 2.32. The summed E-state index contributed by atoms with van der Waals surface area (Å²) in [7, 11) is 0. The molecular weight excluding hydrogens is 378 g/mol. The van der Waals surface area contributed by atoms with E-state index in [1.165, 1.54) is 0 Å². The number of nitrogens with zero attached hydrogens (tertiary/aromatic N) is 1. The molecule has 0 amide bonds. The molecule has 6 nitrogen and oxygen atoms in total. The van der Waals surface area contributed by atoms with Gasteiger partial charge in [-0.25, -0.2) is 4.98 Å². The first-order chi connectivity index (χ1) is 14.6. The number of aliphatic hydroxyl groups is 1. The lowest BCUT2D eigenvalue weighted by atomic mass is 9.90. The van der Waals surface area contributed by atoms with Crippen LogP contribution in [0.15, 0.2) is 58.2 Å². The maximum Gasteiger partial charge on any atom is 0.299 e. The van der Waals surface area contributed by atoms with E-state index in [1.54, 1.807) is 6.20 Å². The molecule has 6 heteroatoms. The fraction of sp³-hybridized carbons (Fsp3) is 0.375. The lowest BCUT2D eigenvalue weighted by Crippen LogP contribution is -2.35. The first-order valence-corrected chi connectivity index (χ1v) is 10.6. The van der Waals surface area contributed by atoms with Gasteiger partial charge in [-0.3, -0.25) is 5.32 Å². The van der Waals surface area contributed by atoms with Gasteiger partial charge in [-0.15, -0.1) is 0 Å². The Morgan fingerprint density at radius 1 is 1.30 bits per heavy atom. The molecule has 0 bridgehead atoms. The molecule has 1 aromatic heterocycles. The van der Waals surface area contributed by atoms with Crippen molar-refractivity contribution in [2.75, 3.05) is 18.5 Å². The molecule has 3 N–H and O–H groups in total. The topological polar surface area (TPSA) is 79.5 Å². The zero-order valence-electron chi connectivity index (χ0n) is 17.6. The van der Waals surface area contributed by atoms with Gasteiger partial charge in [-0.2, -0.15) is 0 Å². The van der Waals surface area contributed by atoms with Gasteiger partial charge in [0.15, 0.2) is 5.76 Å². The average molecular weight is 408 g/mol. The zero-order chi connectivity index (χ0) is 20.9. The molecule has 1 atom stereocenters. The van der Waals surface area contributed by atoms with E-state index in [4.69, 9.17) is 9.15 Å². The van der Waals surface area contributed by atoms with Crippen molar-refractivity contribution in [3.8, 4) is 0 Å². The molecule has 1 aromatic carbocycles. The van der Waals surface area contributed by atoms with Crippen molar-refractivity contribution in [2.45, 2.75) is 45.9 Å². The quantitative estimate of drug-likeness (QED) is 0.622. The highest BCUT2D eigenvalue weighted by Gasteiger charge is 2.20. The third-order valence-electron chi connectivity index (χ3n) is 5.43. The zero-order valence-corrected chi connectivity index (χ0v) is 17.6. The number of anilines is 2. The predicted octanol–water partition coefficient (Wildman–Crippen LogP) is 4.60. The van der Waals surface area contributed by atoms with Gasteiger partial charge in [0.1, 0.15) is 6.23 Å². The molecule has 2 aliphatic rings. The Balaban J connectivity index is 1.51. The summed E-state index contributed by atoms with van der Waals surface area (Å²) in [6, 6.07) is 6.66. The van der Waals surface area contributed by atoms with Gasteiger partial charge in [0.2, 0.25) is 0 Å². The van der Waals surface area contributed by atoms with E-state index in [9.17, 15) is 5.11 Å². The number of aryl methyl sites for hydroxylation is 1. The van der Waals surface area contributed by atoms with Crippen molar-refractivity contribution in [1.82, 2.24) is 10.3 Å². The van der Waals surface area contributed by atoms with Crippen molar-refractivity contribution in [3.05, 3.63) is 70.7 Å². The van der Waals surface area contributed by atoms with Crippen LogP contribution in [0.5, 0.6) is 0 Å². The first-order valence-electron chi connectivity index (χ1n) is 10.6. The molecule has 158 valence electrons. The van der Waals surface area contributed by atoms with Gasteiger partial charge in [0.05, 0.1) is 12.8 Å². The van der Waals surface area contributed by atoms with Crippen LogP contribution in [0.1, 0.15) is 43.1 Å². The number of hydrogen-bond acceptors (Lipinski definition) is 6. The van der Waals surface area contributed by atoms with Crippen LogP contribution >= 0.6 is 0 Å². The molecule has 30 heavy (non-hydrogen) atoms. The Bertz CT molecular complexity index is 987. The highest BCUT2D eigenvalue weighted by atomic mass is 16.5. The molecule has 1 unspecified atom stereocenters. The van der Waals surface area contributed by atoms with Crippen LogP contribution in [0.25, 0.3) is 5.57 Å². The van der Waals surface area contributed by atoms with E-state index in [1.807, 2.05) is 13.8 Å². The minimum Gasteiger partial charge on any atom is -0.423 e. The van der Waals surface area contributed by atoms with Crippen LogP contribution < -0.4 is 10.6 Å². The minimum atomic E-state index is -0.594. The van der Waals surface area contributed by atoms with E-state index < -0.39 is 6.23 Å². The van der Waals surface area contributed by atoms with Crippen molar-refractivity contribution in [2.24, 2.45) is 0 Å². The van der Waals surface area contributed by atoms with Gasteiger partial charge >= 0.3 is 0 Å². The summed E-state index contributed by atoms with van der Waals surface area (Å²) in [4.78, 5) is 4.42. The van der Waals surface area contributed by atoms with Gasteiger partial charge in [0.25, 0.3) is 6.01 Å². The maximum absolute atomic E-state index is 10.3. The lowest BCUT2D eigenvalue weighted by molar-refractivity contribution is 0.134. The van der Waals surface area contributed by atoms with Crippen LogP contribution in [0.2, 0.25) is 0 Å². The average Bonchev–Trinajstić information content (AvgIpc) is 3.23. The van der Waals surface area contributed by atoms with Crippen LogP contribution in [-0.4, -0.2) is 29.5 Å². The van der Waals surface area contributed by atoms with Crippen LogP contribution in [0.4, 0.5) is 11.7 Å². The number of aliphatic hydroxyl groups excluding tert-OH is 1. The van der Waals surface area contributed by atoms with Crippen molar-refractivity contribution in [3.63, 3.8) is 0 Å². The first kappa shape index (κ1) is 20.6. The highest BCUT2D eigenvalue weighted by molar-refractivity contribution is 5.74. The normalized spacial score (nSPS) is 19.2. The largest absolute Gasteiger partial charge is 0.423 e. The van der Waals surface area contributed by atoms with E-state index in [0.29, 0.717) is 19.2 Å². The maximum atomic E-state index is 10.3. The van der Waals surface area contributed by atoms with Crippen molar-refractivity contribution >= 4 is 17.3 Å². The summed E-state index contributed by atoms with van der Waals surface area (Å²) in [5, 5.41) is 16.7. The Hall–Kier alpha value is -2.67. The van der Waals surface area contributed by atoms with E-state index >= 15 is 0 Å². The van der Waals surface area contributed by atoms with Crippen LogP contribution in [0, 0.1) is 6.92 Å².